The van der Waals surface area contributed by atoms with Crippen molar-refractivity contribution in [2.75, 3.05) is 13.1 Å². The average molecular weight is 153 g/mol. The van der Waals surface area contributed by atoms with Gasteiger partial charge in [0.25, 0.3) is 0 Å². The maximum atomic E-state index is 8.72. The highest BCUT2D eigenvalue weighted by molar-refractivity contribution is 4.55. The molecule has 0 aromatic rings. The quantitative estimate of drug-likeness (QED) is 0.510. The van der Waals surface area contributed by atoms with E-state index in [4.69, 9.17) is 10.2 Å². The van der Waals surface area contributed by atoms with E-state index in [0.29, 0.717) is 13.1 Å². The average Bonchev–Trinajstić information content (AvgIpc) is 1.63. The predicted molar refractivity (Wildman–Crippen MR) is 38.7 cm³/mol. The van der Waals surface area contributed by atoms with Gasteiger partial charge >= 0.3 is 0 Å². The van der Waals surface area contributed by atoms with Gasteiger partial charge in [-0.3, -0.25) is 4.70 Å². The zero-order chi connectivity index (χ0) is 7.28. The first-order valence-corrected chi connectivity index (χ1v) is 3.19. The number of nitrogens with one attached hydrogen (secondary N) is 1. The van der Waals surface area contributed by atoms with Crippen molar-refractivity contribution in [3.63, 3.8) is 0 Å². The second kappa shape index (κ2) is 6.92. The second-order valence-corrected chi connectivity index (χ2v) is 2.36. The molecule has 3 N–H and O–H groups in total. The van der Waals surface area contributed by atoms with Crippen LogP contribution < -0.4 is 5.32 Å². The minimum absolute atomic E-state index is 0. The van der Waals surface area contributed by atoms with Crippen molar-refractivity contribution in [3.05, 3.63) is 0 Å². The van der Waals surface area contributed by atoms with Crippen LogP contribution in [-0.4, -0.2) is 35.5 Å². The fraction of sp³-hybridized carbons (Fsp3) is 1.00. The SMILES string of the molecule is CC(O)CNCC(C)O.F. The Labute approximate surface area is 60.4 Å². The van der Waals surface area contributed by atoms with Gasteiger partial charge in [-0.2, -0.15) is 0 Å². The molecule has 0 rings (SSSR count). The molecule has 0 saturated carbocycles. The van der Waals surface area contributed by atoms with Crippen LogP contribution in [0.4, 0.5) is 4.70 Å². The molecule has 0 radical (unpaired) electrons. The third-order valence-electron chi connectivity index (χ3n) is 0.879. The van der Waals surface area contributed by atoms with Gasteiger partial charge in [0.05, 0.1) is 12.2 Å². The van der Waals surface area contributed by atoms with Crippen LogP contribution in [0.2, 0.25) is 0 Å². The third kappa shape index (κ3) is 10.7. The van der Waals surface area contributed by atoms with Crippen LogP contribution in [0.25, 0.3) is 0 Å². The van der Waals surface area contributed by atoms with E-state index in [-0.39, 0.29) is 16.9 Å². The first-order valence-electron chi connectivity index (χ1n) is 3.19. The van der Waals surface area contributed by atoms with Crippen molar-refractivity contribution >= 4 is 0 Å². The Kier molecular flexibility index (Phi) is 8.64. The maximum absolute atomic E-state index is 8.72. The fourth-order valence-corrected chi connectivity index (χ4v) is 0.501. The summed E-state index contributed by atoms with van der Waals surface area (Å²) in [4.78, 5) is 0. The molecule has 0 saturated heterocycles. The van der Waals surface area contributed by atoms with Crippen LogP contribution >= 0.6 is 0 Å². The van der Waals surface area contributed by atoms with Crippen molar-refractivity contribution in [2.45, 2.75) is 26.1 Å². The van der Waals surface area contributed by atoms with Crippen molar-refractivity contribution < 1.29 is 14.9 Å². The standard InChI is InChI=1S/C6H15NO2.FH/c1-5(8)3-7-4-6(2)9;/h5-9H,3-4H2,1-2H3;1H. The van der Waals surface area contributed by atoms with E-state index in [1.165, 1.54) is 0 Å². The van der Waals surface area contributed by atoms with Gasteiger partial charge in [0.15, 0.2) is 0 Å². The van der Waals surface area contributed by atoms with Gasteiger partial charge in [0.2, 0.25) is 0 Å². The Hall–Kier alpha value is -0.190. The summed E-state index contributed by atoms with van der Waals surface area (Å²) in [6, 6.07) is 0. The lowest BCUT2D eigenvalue weighted by molar-refractivity contribution is 0.164. The molecule has 0 bridgehead atoms. The summed E-state index contributed by atoms with van der Waals surface area (Å²) in [6.45, 7) is 4.50. The second-order valence-electron chi connectivity index (χ2n) is 2.36. The first-order chi connectivity index (χ1) is 4.13. The van der Waals surface area contributed by atoms with Gasteiger partial charge in [-0.1, -0.05) is 0 Å². The molecule has 0 aromatic carbocycles. The van der Waals surface area contributed by atoms with Gasteiger partial charge in [-0.15, -0.1) is 0 Å². The van der Waals surface area contributed by atoms with Crippen molar-refractivity contribution in [3.8, 4) is 0 Å². The van der Waals surface area contributed by atoms with E-state index in [2.05, 4.69) is 5.32 Å². The van der Waals surface area contributed by atoms with E-state index in [0.717, 1.165) is 0 Å². The Morgan fingerprint density at radius 3 is 1.60 bits per heavy atom. The molecule has 3 nitrogen and oxygen atoms in total. The largest absolute Gasteiger partial charge is 0.392 e. The zero-order valence-electron chi connectivity index (χ0n) is 6.37. The highest BCUT2D eigenvalue weighted by atomic mass is 19.0. The minimum Gasteiger partial charge on any atom is -0.392 e. The molecule has 64 valence electrons. The van der Waals surface area contributed by atoms with Crippen molar-refractivity contribution in [2.24, 2.45) is 0 Å². The fourth-order valence-electron chi connectivity index (χ4n) is 0.501. The molecule has 2 atom stereocenters. The number of aliphatic hydroxyl groups excluding tert-OH is 2. The van der Waals surface area contributed by atoms with E-state index < -0.39 is 0 Å². The summed E-state index contributed by atoms with van der Waals surface area (Å²) < 4.78 is 0. The zero-order valence-corrected chi connectivity index (χ0v) is 6.37. The minimum atomic E-state index is -0.330. The topological polar surface area (TPSA) is 52.5 Å². The lowest BCUT2D eigenvalue weighted by Gasteiger charge is -2.07. The third-order valence-corrected chi connectivity index (χ3v) is 0.879. The molecule has 0 aromatic heterocycles. The highest BCUT2D eigenvalue weighted by Crippen LogP contribution is 1.77. The molecular formula is C6H16FNO2. The molecule has 0 amide bonds. The summed E-state index contributed by atoms with van der Waals surface area (Å²) in [5.41, 5.74) is 0. The van der Waals surface area contributed by atoms with Crippen LogP contribution in [-0.2, 0) is 0 Å². The number of hydrogen-bond donors (Lipinski definition) is 3. The van der Waals surface area contributed by atoms with Gasteiger partial charge < -0.3 is 15.5 Å². The van der Waals surface area contributed by atoms with Crippen LogP contribution in [0.5, 0.6) is 0 Å². The Bertz CT molecular complexity index is 60.8. The van der Waals surface area contributed by atoms with Crippen LogP contribution in [0.1, 0.15) is 13.8 Å². The van der Waals surface area contributed by atoms with E-state index >= 15 is 0 Å². The van der Waals surface area contributed by atoms with E-state index in [1.54, 1.807) is 13.8 Å². The molecule has 0 fully saturated rings. The molecule has 10 heavy (non-hydrogen) atoms. The van der Waals surface area contributed by atoms with Crippen LogP contribution in [0.15, 0.2) is 0 Å². The van der Waals surface area contributed by atoms with Crippen molar-refractivity contribution in [1.29, 1.82) is 0 Å². The van der Waals surface area contributed by atoms with Gasteiger partial charge in [0, 0.05) is 13.1 Å². The molecule has 0 heterocycles. The predicted octanol–water partition coefficient (Wildman–Crippen LogP) is -0.510. The lowest BCUT2D eigenvalue weighted by atomic mass is 10.3. The maximum Gasteiger partial charge on any atom is 0.0636 e. The normalized spacial score (nSPS) is 15.6. The summed E-state index contributed by atoms with van der Waals surface area (Å²) in [7, 11) is 0. The van der Waals surface area contributed by atoms with E-state index in [9.17, 15) is 0 Å². The molecule has 4 heteroatoms. The number of rotatable bonds is 4. The van der Waals surface area contributed by atoms with Crippen LogP contribution in [0.3, 0.4) is 0 Å². The monoisotopic (exact) mass is 153 g/mol. The highest BCUT2D eigenvalue weighted by Gasteiger charge is 1.96. The molecule has 0 aliphatic rings. The summed E-state index contributed by atoms with van der Waals surface area (Å²) in [5.74, 6) is 0. The number of hydrogen-bond acceptors (Lipinski definition) is 3. The number of halogens is 1. The van der Waals surface area contributed by atoms with Crippen molar-refractivity contribution in [1.82, 2.24) is 5.32 Å². The molecule has 0 spiro atoms. The summed E-state index contributed by atoms with van der Waals surface area (Å²) in [5, 5.41) is 20.3. The molecule has 0 aliphatic carbocycles. The lowest BCUT2D eigenvalue weighted by Crippen LogP contribution is -2.30. The molecule has 2 unspecified atom stereocenters. The smallest absolute Gasteiger partial charge is 0.0636 e. The van der Waals surface area contributed by atoms with Gasteiger partial charge in [0.1, 0.15) is 0 Å². The molecular weight excluding hydrogens is 137 g/mol. The van der Waals surface area contributed by atoms with Crippen LogP contribution in [0, 0.1) is 0 Å². The summed E-state index contributed by atoms with van der Waals surface area (Å²) in [6.07, 6.45) is -0.660. The van der Waals surface area contributed by atoms with Gasteiger partial charge in [-0.05, 0) is 13.8 Å². The Balaban J connectivity index is 0. The van der Waals surface area contributed by atoms with E-state index in [1.807, 2.05) is 0 Å². The molecule has 0 aliphatic heterocycles. The first kappa shape index (κ1) is 12.5. The Morgan fingerprint density at radius 1 is 1.10 bits per heavy atom. The Morgan fingerprint density at radius 2 is 1.40 bits per heavy atom. The summed E-state index contributed by atoms with van der Waals surface area (Å²) >= 11 is 0. The number of aliphatic hydroxyl groups is 2. The van der Waals surface area contributed by atoms with Gasteiger partial charge in [-0.25, -0.2) is 0 Å².